The van der Waals surface area contributed by atoms with E-state index in [-0.39, 0.29) is 0 Å². The first-order chi connectivity index (χ1) is 7.88. The first-order valence-electron chi connectivity index (χ1n) is 5.81. The monoisotopic (exact) mass is 214 g/mol. The van der Waals surface area contributed by atoms with E-state index in [0.717, 1.165) is 11.8 Å². The second-order valence-corrected chi connectivity index (χ2v) is 4.51. The van der Waals surface area contributed by atoms with Crippen molar-refractivity contribution in [2.45, 2.75) is 31.6 Å². The number of nitrogens with one attached hydrogen (secondary N) is 1. The molecule has 3 heteroatoms. The minimum atomic E-state index is 0.632. The van der Waals surface area contributed by atoms with Gasteiger partial charge in [-0.2, -0.15) is 5.10 Å². The fraction of sp³-hybridized carbons (Fsp3) is 0.385. The summed E-state index contributed by atoms with van der Waals surface area (Å²) in [6.45, 7) is 0. The molecule has 0 amide bonds. The van der Waals surface area contributed by atoms with Gasteiger partial charge in [0, 0.05) is 22.6 Å². The molecule has 0 atom stereocenters. The van der Waals surface area contributed by atoms with E-state index in [1.807, 2.05) is 18.2 Å². The number of hydrogen-bond donors (Lipinski definition) is 1. The van der Waals surface area contributed by atoms with Crippen LogP contribution in [0, 0.1) is 0 Å². The molecular formula is C13H14N2O. The molecule has 1 saturated carbocycles. The first kappa shape index (κ1) is 9.58. The summed E-state index contributed by atoms with van der Waals surface area (Å²) in [5.74, 6) is 0.632. The van der Waals surface area contributed by atoms with Gasteiger partial charge in [0.1, 0.15) is 6.29 Å². The van der Waals surface area contributed by atoms with E-state index in [1.54, 1.807) is 0 Å². The molecule has 1 aromatic heterocycles. The smallest absolute Gasteiger partial charge is 0.150 e. The van der Waals surface area contributed by atoms with Gasteiger partial charge >= 0.3 is 0 Å². The number of H-pyrrole nitrogens is 1. The summed E-state index contributed by atoms with van der Waals surface area (Å²) in [5, 5.41) is 8.61. The van der Waals surface area contributed by atoms with E-state index in [1.165, 1.54) is 36.8 Å². The number of benzene rings is 1. The SMILES string of the molecule is O=Cc1ccc2c(C3CCCC3)[nH]nc2c1. The normalized spacial score (nSPS) is 17.0. The van der Waals surface area contributed by atoms with Gasteiger partial charge in [-0.1, -0.05) is 25.0 Å². The lowest BCUT2D eigenvalue weighted by atomic mass is 10.00. The van der Waals surface area contributed by atoms with Crippen LogP contribution >= 0.6 is 0 Å². The molecule has 2 aromatic rings. The van der Waals surface area contributed by atoms with Crippen LogP contribution < -0.4 is 0 Å². The fourth-order valence-electron chi connectivity index (χ4n) is 2.65. The number of carbonyl (C=O) groups excluding carboxylic acids is 1. The third-order valence-electron chi connectivity index (χ3n) is 3.51. The number of aromatic nitrogens is 2. The van der Waals surface area contributed by atoms with Crippen molar-refractivity contribution in [3.8, 4) is 0 Å². The molecule has 0 bridgehead atoms. The first-order valence-corrected chi connectivity index (χ1v) is 5.81. The van der Waals surface area contributed by atoms with Crippen LogP contribution in [0.25, 0.3) is 10.9 Å². The lowest BCUT2D eigenvalue weighted by molar-refractivity contribution is 0.112. The largest absolute Gasteiger partial charge is 0.298 e. The highest BCUT2D eigenvalue weighted by Gasteiger charge is 2.20. The predicted octanol–water partition coefficient (Wildman–Crippen LogP) is 3.03. The van der Waals surface area contributed by atoms with E-state index in [4.69, 9.17) is 0 Å². The molecule has 1 N–H and O–H groups in total. The summed E-state index contributed by atoms with van der Waals surface area (Å²) < 4.78 is 0. The fourth-order valence-corrected chi connectivity index (χ4v) is 2.65. The van der Waals surface area contributed by atoms with Crippen LogP contribution in [-0.2, 0) is 0 Å². The average Bonchev–Trinajstić information content (AvgIpc) is 2.96. The van der Waals surface area contributed by atoms with E-state index >= 15 is 0 Å². The highest BCUT2D eigenvalue weighted by Crippen LogP contribution is 2.36. The van der Waals surface area contributed by atoms with E-state index in [0.29, 0.717) is 11.5 Å². The zero-order chi connectivity index (χ0) is 11.0. The Labute approximate surface area is 93.9 Å². The van der Waals surface area contributed by atoms with Gasteiger partial charge in [-0.15, -0.1) is 0 Å². The Kier molecular flexibility index (Phi) is 2.24. The number of aldehydes is 1. The maximum absolute atomic E-state index is 10.7. The van der Waals surface area contributed by atoms with Crippen molar-refractivity contribution in [3.63, 3.8) is 0 Å². The quantitative estimate of drug-likeness (QED) is 0.781. The van der Waals surface area contributed by atoms with Crippen LogP contribution in [0.1, 0.15) is 47.7 Å². The van der Waals surface area contributed by atoms with Crippen LogP contribution in [0.3, 0.4) is 0 Å². The summed E-state index contributed by atoms with van der Waals surface area (Å²) in [6, 6.07) is 5.72. The van der Waals surface area contributed by atoms with Crippen LogP contribution in [0.2, 0.25) is 0 Å². The number of fused-ring (bicyclic) bond motifs is 1. The van der Waals surface area contributed by atoms with Crippen molar-refractivity contribution in [2.75, 3.05) is 0 Å². The van der Waals surface area contributed by atoms with Gasteiger partial charge in [-0.25, -0.2) is 0 Å². The number of nitrogens with zero attached hydrogens (tertiary/aromatic N) is 1. The number of carbonyl (C=O) groups is 1. The molecule has 1 fully saturated rings. The highest BCUT2D eigenvalue weighted by molar-refractivity contribution is 5.88. The molecule has 0 unspecified atom stereocenters. The molecule has 1 aliphatic carbocycles. The summed E-state index contributed by atoms with van der Waals surface area (Å²) in [7, 11) is 0. The number of rotatable bonds is 2. The van der Waals surface area contributed by atoms with Gasteiger partial charge in [-0.05, 0) is 18.9 Å². The Morgan fingerprint density at radius 1 is 1.31 bits per heavy atom. The molecule has 3 nitrogen and oxygen atoms in total. The Balaban J connectivity index is 2.09. The Morgan fingerprint density at radius 3 is 2.88 bits per heavy atom. The van der Waals surface area contributed by atoms with E-state index in [9.17, 15) is 4.79 Å². The predicted molar refractivity (Wildman–Crippen MR) is 62.7 cm³/mol. The standard InChI is InChI=1S/C13H14N2O/c16-8-9-5-6-11-12(7-9)14-15-13(11)10-3-1-2-4-10/h5-8,10H,1-4H2,(H,14,15). The second kappa shape index (κ2) is 3.74. The average molecular weight is 214 g/mol. The van der Waals surface area contributed by atoms with Crippen molar-refractivity contribution in [2.24, 2.45) is 0 Å². The van der Waals surface area contributed by atoms with Gasteiger partial charge in [0.15, 0.2) is 0 Å². The zero-order valence-corrected chi connectivity index (χ0v) is 9.07. The number of aromatic amines is 1. The molecule has 1 aromatic carbocycles. The molecule has 0 spiro atoms. The van der Waals surface area contributed by atoms with Crippen LogP contribution in [0.15, 0.2) is 18.2 Å². The minimum Gasteiger partial charge on any atom is -0.298 e. The Hall–Kier alpha value is -1.64. The summed E-state index contributed by atoms with van der Waals surface area (Å²) in [6.07, 6.45) is 6.01. The van der Waals surface area contributed by atoms with Crippen LogP contribution in [0.4, 0.5) is 0 Å². The van der Waals surface area contributed by atoms with Crippen molar-refractivity contribution in [1.29, 1.82) is 0 Å². The lowest BCUT2D eigenvalue weighted by Gasteiger charge is -2.05. The summed E-state index contributed by atoms with van der Waals surface area (Å²) in [4.78, 5) is 10.7. The van der Waals surface area contributed by atoms with Gasteiger partial charge in [0.2, 0.25) is 0 Å². The van der Waals surface area contributed by atoms with Gasteiger partial charge in [-0.3, -0.25) is 9.89 Å². The van der Waals surface area contributed by atoms with Crippen molar-refractivity contribution in [3.05, 3.63) is 29.5 Å². The summed E-state index contributed by atoms with van der Waals surface area (Å²) in [5.41, 5.74) is 2.86. The van der Waals surface area contributed by atoms with Crippen LogP contribution in [0.5, 0.6) is 0 Å². The molecule has 0 aliphatic heterocycles. The molecule has 82 valence electrons. The number of hydrogen-bond acceptors (Lipinski definition) is 2. The zero-order valence-electron chi connectivity index (χ0n) is 9.07. The molecule has 1 heterocycles. The summed E-state index contributed by atoms with van der Waals surface area (Å²) >= 11 is 0. The highest BCUT2D eigenvalue weighted by atomic mass is 16.1. The van der Waals surface area contributed by atoms with Crippen molar-refractivity contribution < 1.29 is 4.79 Å². The van der Waals surface area contributed by atoms with E-state index in [2.05, 4.69) is 10.2 Å². The maximum atomic E-state index is 10.7. The van der Waals surface area contributed by atoms with E-state index < -0.39 is 0 Å². The van der Waals surface area contributed by atoms with Crippen molar-refractivity contribution >= 4 is 17.2 Å². The van der Waals surface area contributed by atoms with Gasteiger partial charge in [0.25, 0.3) is 0 Å². The molecule has 3 rings (SSSR count). The maximum Gasteiger partial charge on any atom is 0.150 e. The second-order valence-electron chi connectivity index (χ2n) is 4.51. The topological polar surface area (TPSA) is 45.8 Å². The third kappa shape index (κ3) is 1.43. The molecular weight excluding hydrogens is 200 g/mol. The van der Waals surface area contributed by atoms with Crippen molar-refractivity contribution in [1.82, 2.24) is 10.2 Å². The lowest BCUT2D eigenvalue weighted by Crippen LogP contribution is -1.92. The van der Waals surface area contributed by atoms with Crippen LogP contribution in [-0.4, -0.2) is 16.5 Å². The van der Waals surface area contributed by atoms with Gasteiger partial charge < -0.3 is 0 Å². The minimum absolute atomic E-state index is 0.632. The Bertz CT molecular complexity index is 524. The molecule has 16 heavy (non-hydrogen) atoms. The Morgan fingerprint density at radius 2 is 2.12 bits per heavy atom. The van der Waals surface area contributed by atoms with Gasteiger partial charge in [0.05, 0.1) is 5.52 Å². The molecule has 0 saturated heterocycles. The molecule has 1 aliphatic rings. The third-order valence-corrected chi connectivity index (χ3v) is 3.51. The molecule has 0 radical (unpaired) electrons.